The van der Waals surface area contributed by atoms with Crippen molar-refractivity contribution in [2.24, 2.45) is 0 Å². The van der Waals surface area contributed by atoms with E-state index in [1.807, 2.05) is 51.2 Å². The first-order chi connectivity index (χ1) is 10.5. The van der Waals surface area contributed by atoms with Gasteiger partial charge in [0.1, 0.15) is 11.8 Å². The molecule has 0 saturated heterocycles. The number of hydrogen-bond donors (Lipinski definition) is 1. The lowest BCUT2D eigenvalue weighted by Crippen LogP contribution is -2.37. The Morgan fingerprint density at radius 3 is 2.55 bits per heavy atom. The summed E-state index contributed by atoms with van der Waals surface area (Å²) < 4.78 is 6.85. The van der Waals surface area contributed by atoms with Crippen LogP contribution in [0.3, 0.4) is 0 Å². The van der Waals surface area contributed by atoms with Crippen LogP contribution < -0.4 is 10.1 Å². The molecule has 1 heterocycles. The molecule has 5 nitrogen and oxygen atoms in total. The third kappa shape index (κ3) is 3.67. The first-order valence-electron chi connectivity index (χ1n) is 7.54. The highest BCUT2D eigenvalue weighted by atomic mass is 16.5. The lowest BCUT2D eigenvalue weighted by molar-refractivity contribution is -0.124. The third-order valence-corrected chi connectivity index (χ3v) is 3.80. The van der Waals surface area contributed by atoms with Gasteiger partial charge in [-0.2, -0.15) is 5.10 Å². The van der Waals surface area contributed by atoms with E-state index in [4.69, 9.17) is 4.74 Å². The van der Waals surface area contributed by atoms with E-state index in [0.29, 0.717) is 0 Å². The molecule has 0 bridgehead atoms. The van der Waals surface area contributed by atoms with Gasteiger partial charge >= 0.3 is 0 Å². The molecule has 1 aromatic heterocycles. The van der Waals surface area contributed by atoms with Gasteiger partial charge in [0, 0.05) is 17.8 Å². The van der Waals surface area contributed by atoms with Gasteiger partial charge in [-0.15, -0.1) is 0 Å². The van der Waals surface area contributed by atoms with Crippen molar-refractivity contribution in [1.29, 1.82) is 0 Å². The minimum Gasteiger partial charge on any atom is -0.497 e. The van der Waals surface area contributed by atoms with Gasteiger partial charge < -0.3 is 10.1 Å². The smallest absolute Gasteiger partial charge is 0.244 e. The van der Waals surface area contributed by atoms with Crippen molar-refractivity contribution < 1.29 is 9.53 Å². The van der Waals surface area contributed by atoms with Crippen molar-refractivity contribution in [2.75, 3.05) is 7.11 Å². The van der Waals surface area contributed by atoms with Crippen molar-refractivity contribution in [1.82, 2.24) is 15.1 Å². The van der Waals surface area contributed by atoms with Crippen LogP contribution in [0.1, 0.15) is 33.2 Å². The molecule has 0 aliphatic rings. The third-order valence-electron chi connectivity index (χ3n) is 3.80. The Morgan fingerprint density at radius 1 is 1.27 bits per heavy atom. The van der Waals surface area contributed by atoms with Gasteiger partial charge in [-0.05, 0) is 38.0 Å². The number of carbonyl (C=O) groups excluding carboxylic acids is 1. The van der Waals surface area contributed by atoms with Gasteiger partial charge in [0.15, 0.2) is 0 Å². The van der Waals surface area contributed by atoms with Crippen LogP contribution in [0.2, 0.25) is 0 Å². The molecule has 0 unspecified atom stereocenters. The fraction of sp³-hybridized carbons (Fsp3) is 0.412. The summed E-state index contributed by atoms with van der Waals surface area (Å²) in [4.78, 5) is 12.2. The number of amides is 1. The first kappa shape index (κ1) is 16.1. The number of hydrogen-bond acceptors (Lipinski definition) is 3. The number of carbonyl (C=O) groups is 1. The monoisotopic (exact) mass is 301 g/mol. The Kier molecular flexibility index (Phi) is 5.20. The molecule has 1 amide bonds. The van der Waals surface area contributed by atoms with Crippen molar-refractivity contribution in [3.63, 3.8) is 0 Å². The van der Waals surface area contributed by atoms with E-state index in [-0.39, 0.29) is 18.0 Å². The molecule has 2 atom stereocenters. The predicted octanol–water partition coefficient (Wildman–Crippen LogP) is 3.03. The highest BCUT2D eigenvalue weighted by Gasteiger charge is 2.17. The van der Waals surface area contributed by atoms with E-state index >= 15 is 0 Å². The Balaban J connectivity index is 2.11. The minimum atomic E-state index is -0.332. The summed E-state index contributed by atoms with van der Waals surface area (Å²) in [5.74, 6) is 0.802. The Labute approximate surface area is 131 Å². The maximum absolute atomic E-state index is 12.2. The van der Waals surface area contributed by atoms with Crippen molar-refractivity contribution >= 4 is 5.91 Å². The molecule has 118 valence electrons. The lowest BCUT2D eigenvalue weighted by Gasteiger charge is -2.16. The van der Waals surface area contributed by atoms with Crippen LogP contribution in [0.5, 0.6) is 5.75 Å². The van der Waals surface area contributed by atoms with Crippen LogP contribution in [0.4, 0.5) is 0 Å². The fourth-order valence-electron chi connectivity index (χ4n) is 2.07. The molecule has 0 aliphatic heterocycles. The zero-order valence-electron chi connectivity index (χ0n) is 13.5. The Bertz CT molecular complexity index is 619. The molecule has 5 heteroatoms. The van der Waals surface area contributed by atoms with Gasteiger partial charge in [-0.1, -0.05) is 19.1 Å². The molecular formula is C17H23N3O2. The second kappa shape index (κ2) is 7.11. The summed E-state index contributed by atoms with van der Waals surface area (Å²) in [5, 5.41) is 7.29. The highest BCUT2D eigenvalue weighted by Crippen LogP contribution is 2.22. The molecule has 1 N–H and O–H groups in total. The average molecular weight is 301 g/mol. The van der Waals surface area contributed by atoms with Crippen molar-refractivity contribution in [3.05, 3.63) is 36.7 Å². The molecule has 0 saturated carbocycles. The van der Waals surface area contributed by atoms with Crippen LogP contribution >= 0.6 is 0 Å². The molecule has 1 aromatic carbocycles. The molecule has 2 rings (SSSR count). The van der Waals surface area contributed by atoms with E-state index in [0.717, 1.165) is 23.3 Å². The van der Waals surface area contributed by atoms with Gasteiger partial charge in [-0.3, -0.25) is 9.48 Å². The van der Waals surface area contributed by atoms with Crippen LogP contribution in [0.15, 0.2) is 36.7 Å². The normalized spacial score (nSPS) is 13.5. The summed E-state index contributed by atoms with van der Waals surface area (Å²) >= 11 is 0. The van der Waals surface area contributed by atoms with Crippen molar-refractivity contribution in [2.45, 2.75) is 39.3 Å². The minimum absolute atomic E-state index is 0.0151. The van der Waals surface area contributed by atoms with Gasteiger partial charge in [0.2, 0.25) is 5.91 Å². The number of methoxy groups -OCH3 is 1. The number of nitrogens with one attached hydrogen (secondary N) is 1. The number of rotatable bonds is 6. The van der Waals surface area contributed by atoms with Crippen LogP contribution in [0, 0.1) is 0 Å². The molecule has 0 aliphatic carbocycles. The molecule has 0 radical (unpaired) electrons. The molecule has 2 aromatic rings. The molecule has 0 spiro atoms. The number of aromatic nitrogens is 2. The average Bonchev–Trinajstić information content (AvgIpc) is 3.03. The lowest BCUT2D eigenvalue weighted by atomic mass is 10.1. The highest BCUT2D eigenvalue weighted by molar-refractivity contribution is 5.80. The zero-order chi connectivity index (χ0) is 16.1. The second-order valence-electron chi connectivity index (χ2n) is 5.43. The molecular weight excluding hydrogens is 278 g/mol. The Hall–Kier alpha value is -2.30. The zero-order valence-corrected chi connectivity index (χ0v) is 13.5. The van der Waals surface area contributed by atoms with E-state index < -0.39 is 0 Å². The second-order valence-corrected chi connectivity index (χ2v) is 5.43. The summed E-state index contributed by atoms with van der Waals surface area (Å²) in [5.41, 5.74) is 2.02. The summed E-state index contributed by atoms with van der Waals surface area (Å²) in [7, 11) is 1.64. The van der Waals surface area contributed by atoms with Crippen molar-refractivity contribution in [3.8, 4) is 16.9 Å². The molecule has 22 heavy (non-hydrogen) atoms. The van der Waals surface area contributed by atoms with E-state index in [9.17, 15) is 4.79 Å². The van der Waals surface area contributed by atoms with Gasteiger partial charge in [0.25, 0.3) is 0 Å². The van der Waals surface area contributed by atoms with E-state index in [1.165, 1.54) is 0 Å². The maximum atomic E-state index is 12.2. The van der Waals surface area contributed by atoms with E-state index in [1.54, 1.807) is 18.0 Å². The SMILES string of the molecule is CC[C@@H](C)NC(=O)[C@@H](C)n1cc(-c2ccc(OC)cc2)cn1. The largest absolute Gasteiger partial charge is 0.497 e. The quantitative estimate of drug-likeness (QED) is 0.892. The van der Waals surface area contributed by atoms with E-state index in [2.05, 4.69) is 10.4 Å². The van der Waals surface area contributed by atoms with Gasteiger partial charge in [-0.25, -0.2) is 0 Å². The van der Waals surface area contributed by atoms with Crippen LogP contribution in [-0.4, -0.2) is 28.8 Å². The summed E-state index contributed by atoms with van der Waals surface area (Å²) in [6, 6.07) is 7.61. The summed E-state index contributed by atoms with van der Waals surface area (Å²) in [6.45, 7) is 5.89. The number of nitrogens with zero attached hydrogens (tertiary/aromatic N) is 2. The topological polar surface area (TPSA) is 56.2 Å². The number of ether oxygens (including phenoxy) is 1. The maximum Gasteiger partial charge on any atom is 0.244 e. The molecule has 0 fully saturated rings. The Morgan fingerprint density at radius 2 is 1.95 bits per heavy atom. The van der Waals surface area contributed by atoms with Gasteiger partial charge in [0.05, 0.1) is 13.3 Å². The predicted molar refractivity (Wildman–Crippen MR) is 86.8 cm³/mol. The number of benzene rings is 1. The standard InChI is InChI=1S/C17H23N3O2/c1-5-12(2)19-17(21)13(3)20-11-15(10-18-20)14-6-8-16(22-4)9-7-14/h6-13H,5H2,1-4H3,(H,19,21)/t12-,13-/m1/s1. The van der Waals surface area contributed by atoms with Crippen LogP contribution in [0.25, 0.3) is 11.1 Å². The summed E-state index contributed by atoms with van der Waals surface area (Å²) in [6.07, 6.45) is 4.58. The van der Waals surface area contributed by atoms with Crippen LogP contribution in [-0.2, 0) is 4.79 Å². The first-order valence-corrected chi connectivity index (χ1v) is 7.54. The fourth-order valence-corrected chi connectivity index (χ4v) is 2.07.